The highest BCUT2D eigenvalue weighted by Crippen LogP contribution is 2.30. The molecular weight excluding hydrogens is 353 g/mol. The molecule has 0 saturated heterocycles. The lowest BCUT2D eigenvalue weighted by molar-refractivity contribution is -0.384. The Bertz CT molecular complexity index is 961. The van der Waals surface area contributed by atoms with Crippen molar-refractivity contribution in [1.29, 1.82) is 0 Å². The second kappa shape index (κ2) is 7.71. The van der Waals surface area contributed by atoms with Crippen molar-refractivity contribution in [3.8, 4) is 11.1 Å². The van der Waals surface area contributed by atoms with E-state index in [4.69, 9.17) is 12.2 Å². The molecule has 0 aliphatic rings. The van der Waals surface area contributed by atoms with Crippen molar-refractivity contribution in [2.45, 2.75) is 0 Å². The average molecular weight is 367 g/mol. The van der Waals surface area contributed by atoms with Crippen molar-refractivity contribution in [1.82, 2.24) is 0 Å². The maximum Gasteiger partial charge on any atom is 0.277 e. The Balaban J connectivity index is 1.73. The number of benzene rings is 3. The van der Waals surface area contributed by atoms with Gasteiger partial charge in [0.15, 0.2) is 5.11 Å². The zero-order chi connectivity index (χ0) is 18.5. The molecule has 5 nitrogen and oxygen atoms in total. The number of nitrogens with zero attached hydrogens (tertiary/aromatic N) is 1. The third kappa shape index (κ3) is 4.01. The van der Waals surface area contributed by atoms with Crippen molar-refractivity contribution in [3.05, 3.63) is 88.7 Å². The first-order valence-electron chi connectivity index (χ1n) is 7.71. The number of hydrogen-bond acceptors (Lipinski definition) is 3. The van der Waals surface area contributed by atoms with Crippen molar-refractivity contribution in [2.75, 3.05) is 10.6 Å². The van der Waals surface area contributed by atoms with Gasteiger partial charge in [-0.1, -0.05) is 36.4 Å². The van der Waals surface area contributed by atoms with Gasteiger partial charge in [-0.2, -0.15) is 0 Å². The van der Waals surface area contributed by atoms with E-state index in [0.717, 1.165) is 5.56 Å². The Morgan fingerprint density at radius 3 is 2.27 bits per heavy atom. The molecule has 0 heterocycles. The molecule has 2 N–H and O–H groups in total. The maximum atomic E-state index is 13.6. The van der Waals surface area contributed by atoms with E-state index < -0.39 is 10.7 Å². The third-order valence-electron chi connectivity index (χ3n) is 3.68. The molecule has 0 atom stereocenters. The van der Waals surface area contributed by atoms with Gasteiger partial charge in [0.05, 0.1) is 16.2 Å². The first-order valence-corrected chi connectivity index (χ1v) is 8.12. The van der Waals surface area contributed by atoms with Gasteiger partial charge < -0.3 is 10.6 Å². The molecular formula is C19H14FN3O2S. The average Bonchev–Trinajstić information content (AvgIpc) is 2.64. The number of anilines is 2. The Kier molecular flexibility index (Phi) is 5.19. The van der Waals surface area contributed by atoms with Gasteiger partial charge in [-0.25, -0.2) is 4.39 Å². The largest absolute Gasteiger partial charge is 0.332 e. The third-order valence-corrected chi connectivity index (χ3v) is 3.88. The monoisotopic (exact) mass is 367 g/mol. The Morgan fingerprint density at radius 1 is 0.923 bits per heavy atom. The van der Waals surface area contributed by atoms with E-state index in [1.807, 2.05) is 0 Å². The van der Waals surface area contributed by atoms with Gasteiger partial charge in [0, 0.05) is 11.8 Å². The van der Waals surface area contributed by atoms with E-state index in [1.54, 1.807) is 60.7 Å². The van der Waals surface area contributed by atoms with E-state index in [0.29, 0.717) is 11.3 Å². The molecule has 3 aromatic rings. The quantitative estimate of drug-likeness (QED) is 0.376. The summed E-state index contributed by atoms with van der Waals surface area (Å²) >= 11 is 5.18. The highest BCUT2D eigenvalue weighted by molar-refractivity contribution is 7.80. The van der Waals surface area contributed by atoms with Gasteiger partial charge >= 0.3 is 0 Å². The molecule has 0 unspecified atom stereocenters. The molecule has 0 amide bonds. The molecule has 0 aliphatic heterocycles. The molecule has 0 fully saturated rings. The maximum absolute atomic E-state index is 13.6. The van der Waals surface area contributed by atoms with Crippen LogP contribution in [0.25, 0.3) is 11.1 Å². The zero-order valence-electron chi connectivity index (χ0n) is 13.5. The van der Waals surface area contributed by atoms with Gasteiger partial charge in [-0.3, -0.25) is 10.1 Å². The molecule has 3 aromatic carbocycles. The summed E-state index contributed by atoms with van der Waals surface area (Å²) in [5.41, 5.74) is 2.26. The Hall–Kier alpha value is -3.32. The van der Waals surface area contributed by atoms with Crippen LogP contribution in [0.15, 0.2) is 72.8 Å². The molecule has 0 aromatic heterocycles. The fourth-order valence-corrected chi connectivity index (χ4v) is 2.69. The minimum Gasteiger partial charge on any atom is -0.332 e. The summed E-state index contributed by atoms with van der Waals surface area (Å²) in [7, 11) is 0. The summed E-state index contributed by atoms with van der Waals surface area (Å²) in [4.78, 5) is 10.7. The predicted molar refractivity (Wildman–Crippen MR) is 105 cm³/mol. The van der Waals surface area contributed by atoms with E-state index in [1.165, 1.54) is 12.1 Å². The Morgan fingerprint density at radius 2 is 1.58 bits per heavy atom. The van der Waals surface area contributed by atoms with Crippen molar-refractivity contribution < 1.29 is 9.31 Å². The lowest BCUT2D eigenvalue weighted by Crippen LogP contribution is -2.19. The number of nitro groups is 1. The number of para-hydroxylation sites is 2. The smallest absolute Gasteiger partial charge is 0.277 e. The normalized spacial score (nSPS) is 10.2. The van der Waals surface area contributed by atoms with Crippen LogP contribution in [0.5, 0.6) is 0 Å². The SMILES string of the molecule is O=[N+]([O-])c1ccccc1-c1ccc(NC(=S)Nc2ccccc2F)cc1. The highest BCUT2D eigenvalue weighted by Gasteiger charge is 2.13. The standard InChI is InChI=1S/C19H14FN3O2S/c20-16-6-2-3-7-17(16)22-19(26)21-14-11-9-13(10-12-14)15-5-1-4-8-18(15)23(24)25/h1-12H,(H2,21,22,26). The van der Waals surface area contributed by atoms with Crippen LogP contribution in [0.3, 0.4) is 0 Å². The highest BCUT2D eigenvalue weighted by atomic mass is 32.1. The lowest BCUT2D eigenvalue weighted by Gasteiger charge is -2.11. The van der Waals surface area contributed by atoms with Crippen molar-refractivity contribution in [3.63, 3.8) is 0 Å². The summed E-state index contributed by atoms with van der Waals surface area (Å²) in [6, 6.07) is 19.8. The van der Waals surface area contributed by atoms with Crippen LogP contribution in [0, 0.1) is 15.9 Å². The second-order valence-electron chi connectivity index (χ2n) is 5.41. The first-order chi connectivity index (χ1) is 12.5. The number of halogens is 1. The van der Waals surface area contributed by atoms with Gasteiger partial charge in [0.1, 0.15) is 5.82 Å². The molecule has 0 saturated carbocycles. The molecule has 0 aliphatic carbocycles. The molecule has 3 rings (SSSR count). The van der Waals surface area contributed by atoms with Crippen LogP contribution < -0.4 is 10.6 Å². The van der Waals surface area contributed by atoms with E-state index >= 15 is 0 Å². The number of nitro benzene ring substituents is 1. The molecule has 0 bridgehead atoms. The van der Waals surface area contributed by atoms with Crippen LogP contribution in [-0.4, -0.2) is 10.0 Å². The molecule has 130 valence electrons. The number of rotatable bonds is 4. The summed E-state index contributed by atoms with van der Waals surface area (Å²) < 4.78 is 13.6. The van der Waals surface area contributed by atoms with Gasteiger partial charge in [-0.15, -0.1) is 0 Å². The van der Waals surface area contributed by atoms with Crippen LogP contribution in [0.4, 0.5) is 21.5 Å². The van der Waals surface area contributed by atoms with E-state index in [9.17, 15) is 14.5 Å². The topological polar surface area (TPSA) is 67.2 Å². The molecule has 26 heavy (non-hydrogen) atoms. The Labute approximate surface area is 154 Å². The van der Waals surface area contributed by atoms with Gasteiger partial charge in [0.2, 0.25) is 0 Å². The van der Waals surface area contributed by atoms with Crippen molar-refractivity contribution >= 4 is 34.4 Å². The fraction of sp³-hybridized carbons (Fsp3) is 0. The predicted octanol–water partition coefficient (Wildman–Crippen LogP) is 5.21. The van der Waals surface area contributed by atoms with Crippen LogP contribution in [0.2, 0.25) is 0 Å². The molecule has 0 radical (unpaired) electrons. The second-order valence-corrected chi connectivity index (χ2v) is 5.82. The summed E-state index contributed by atoms with van der Waals surface area (Å²) in [5.74, 6) is -0.400. The van der Waals surface area contributed by atoms with Crippen molar-refractivity contribution in [2.24, 2.45) is 0 Å². The van der Waals surface area contributed by atoms with Gasteiger partial charge in [-0.05, 0) is 48.1 Å². The zero-order valence-corrected chi connectivity index (χ0v) is 14.3. The van der Waals surface area contributed by atoms with E-state index in [2.05, 4.69) is 10.6 Å². The number of thiocarbonyl (C=S) groups is 1. The summed E-state index contributed by atoms with van der Waals surface area (Å²) in [5, 5.41) is 17.1. The lowest BCUT2D eigenvalue weighted by atomic mass is 10.0. The minimum atomic E-state index is -0.408. The summed E-state index contributed by atoms with van der Waals surface area (Å²) in [6.45, 7) is 0. The van der Waals surface area contributed by atoms with Crippen LogP contribution in [0.1, 0.15) is 0 Å². The summed E-state index contributed by atoms with van der Waals surface area (Å²) in [6.07, 6.45) is 0. The fourth-order valence-electron chi connectivity index (χ4n) is 2.46. The number of hydrogen-bond donors (Lipinski definition) is 2. The first kappa shape index (κ1) is 17.5. The van der Waals surface area contributed by atoms with E-state index in [-0.39, 0.29) is 16.5 Å². The van der Waals surface area contributed by atoms with Crippen LogP contribution in [-0.2, 0) is 0 Å². The van der Waals surface area contributed by atoms with Gasteiger partial charge in [0.25, 0.3) is 5.69 Å². The van der Waals surface area contributed by atoms with Crippen LogP contribution >= 0.6 is 12.2 Å². The minimum absolute atomic E-state index is 0.0462. The molecule has 0 spiro atoms. The molecule has 7 heteroatoms. The number of nitrogens with one attached hydrogen (secondary N) is 2.